The summed E-state index contributed by atoms with van der Waals surface area (Å²) in [6, 6.07) is 6.47. The van der Waals surface area contributed by atoms with Gasteiger partial charge >= 0.3 is 0 Å². The van der Waals surface area contributed by atoms with Crippen LogP contribution in [0.1, 0.15) is 6.92 Å². The first-order valence-electron chi connectivity index (χ1n) is 8.37. The van der Waals surface area contributed by atoms with Gasteiger partial charge in [0.25, 0.3) is 0 Å². The Hall–Kier alpha value is -2.05. The van der Waals surface area contributed by atoms with Crippen LogP contribution in [0.5, 0.6) is 11.5 Å². The van der Waals surface area contributed by atoms with E-state index in [1.165, 1.54) is 5.69 Å². The zero-order valence-electron chi connectivity index (χ0n) is 14.7. The maximum absolute atomic E-state index is 5.79. The number of anilines is 1. The molecule has 1 saturated heterocycles. The van der Waals surface area contributed by atoms with Crippen LogP contribution in [0, 0.1) is 0 Å². The summed E-state index contributed by atoms with van der Waals surface area (Å²) >= 11 is 0. The molecule has 130 valence electrons. The van der Waals surface area contributed by atoms with Crippen molar-refractivity contribution >= 4 is 16.6 Å². The first-order chi connectivity index (χ1) is 11.7. The molecule has 1 aromatic heterocycles. The van der Waals surface area contributed by atoms with Crippen LogP contribution in [0.3, 0.4) is 0 Å². The normalized spacial score (nSPS) is 17.1. The summed E-state index contributed by atoms with van der Waals surface area (Å²) in [5.74, 6) is 1.44. The Morgan fingerprint density at radius 3 is 2.42 bits per heavy atom. The smallest absolute Gasteiger partial charge is 0.162 e. The number of fused-ring (bicyclic) bond motifs is 1. The molecule has 0 aliphatic carbocycles. The van der Waals surface area contributed by atoms with Crippen molar-refractivity contribution in [2.45, 2.75) is 13.0 Å². The molecule has 0 radical (unpaired) electrons. The summed E-state index contributed by atoms with van der Waals surface area (Å²) in [5.41, 5.74) is 7.91. The van der Waals surface area contributed by atoms with Gasteiger partial charge in [0.05, 0.1) is 19.7 Å². The Bertz CT molecular complexity index is 699. The number of nitrogens with two attached hydrogens (primary N) is 1. The van der Waals surface area contributed by atoms with Crippen LogP contribution in [0.4, 0.5) is 5.69 Å². The van der Waals surface area contributed by atoms with Crippen LogP contribution in [0.2, 0.25) is 0 Å². The van der Waals surface area contributed by atoms with Gasteiger partial charge in [-0.25, -0.2) is 0 Å². The van der Waals surface area contributed by atoms with E-state index >= 15 is 0 Å². The molecule has 1 fully saturated rings. The minimum atomic E-state index is 0.436. The lowest BCUT2D eigenvalue weighted by Gasteiger charge is -2.39. The molecule has 1 aliphatic rings. The largest absolute Gasteiger partial charge is 0.493 e. The zero-order valence-corrected chi connectivity index (χ0v) is 14.7. The molecule has 24 heavy (non-hydrogen) atoms. The monoisotopic (exact) mass is 330 g/mol. The van der Waals surface area contributed by atoms with E-state index in [9.17, 15) is 0 Å². The second-order valence-electron chi connectivity index (χ2n) is 6.16. The first kappa shape index (κ1) is 16.8. The summed E-state index contributed by atoms with van der Waals surface area (Å²) < 4.78 is 10.8. The van der Waals surface area contributed by atoms with Gasteiger partial charge in [-0.3, -0.25) is 9.88 Å². The maximum Gasteiger partial charge on any atom is 0.162 e. The molecular weight excluding hydrogens is 304 g/mol. The Balaban J connectivity index is 1.90. The number of piperazine rings is 1. The van der Waals surface area contributed by atoms with Crippen molar-refractivity contribution in [2.24, 2.45) is 5.73 Å². The summed E-state index contributed by atoms with van der Waals surface area (Å²) in [4.78, 5) is 9.35. The fourth-order valence-corrected chi connectivity index (χ4v) is 3.29. The van der Waals surface area contributed by atoms with Gasteiger partial charge in [-0.05, 0) is 19.1 Å². The van der Waals surface area contributed by atoms with Crippen LogP contribution < -0.4 is 20.1 Å². The van der Waals surface area contributed by atoms with Crippen LogP contribution >= 0.6 is 0 Å². The van der Waals surface area contributed by atoms with Crippen LogP contribution in [0.25, 0.3) is 10.9 Å². The molecule has 2 heterocycles. The van der Waals surface area contributed by atoms with Crippen molar-refractivity contribution in [1.82, 2.24) is 9.88 Å². The van der Waals surface area contributed by atoms with E-state index in [1.807, 2.05) is 18.3 Å². The highest BCUT2D eigenvalue weighted by molar-refractivity contribution is 5.94. The second-order valence-corrected chi connectivity index (χ2v) is 6.16. The number of hydrogen-bond donors (Lipinski definition) is 1. The molecule has 0 unspecified atom stereocenters. The number of methoxy groups -OCH3 is 2. The SMILES string of the molecule is COc1cc2nccc(N3CCN([C@@H](C)CN)CC3)c2cc1OC. The highest BCUT2D eigenvalue weighted by Gasteiger charge is 2.22. The molecule has 3 rings (SSSR count). The molecule has 0 saturated carbocycles. The summed E-state index contributed by atoms with van der Waals surface area (Å²) in [6.07, 6.45) is 1.86. The third-order valence-corrected chi connectivity index (χ3v) is 4.84. The molecule has 2 N–H and O–H groups in total. The predicted molar refractivity (Wildman–Crippen MR) is 97.1 cm³/mol. The third-order valence-electron chi connectivity index (χ3n) is 4.84. The van der Waals surface area contributed by atoms with Gasteiger partial charge < -0.3 is 20.1 Å². The van der Waals surface area contributed by atoms with Crippen molar-refractivity contribution in [1.29, 1.82) is 0 Å². The average molecular weight is 330 g/mol. The van der Waals surface area contributed by atoms with Gasteiger partial charge in [-0.15, -0.1) is 0 Å². The third kappa shape index (κ3) is 3.12. The van der Waals surface area contributed by atoms with Gasteiger partial charge in [0.15, 0.2) is 11.5 Å². The Labute approximate surface area is 143 Å². The molecular formula is C18H26N4O2. The van der Waals surface area contributed by atoms with Gasteiger partial charge in [0.2, 0.25) is 0 Å². The van der Waals surface area contributed by atoms with Crippen LogP contribution in [-0.2, 0) is 0 Å². The topological polar surface area (TPSA) is 63.9 Å². The number of ether oxygens (including phenoxy) is 2. The lowest BCUT2D eigenvalue weighted by atomic mass is 10.1. The molecule has 2 aromatic rings. The van der Waals surface area contributed by atoms with Crippen LogP contribution in [0.15, 0.2) is 24.4 Å². The second kappa shape index (κ2) is 7.23. The lowest BCUT2D eigenvalue weighted by Crippen LogP contribution is -2.51. The van der Waals surface area contributed by atoms with E-state index in [0.717, 1.165) is 42.8 Å². The van der Waals surface area contributed by atoms with Crippen molar-refractivity contribution in [3.05, 3.63) is 24.4 Å². The minimum absolute atomic E-state index is 0.436. The Kier molecular flexibility index (Phi) is 5.06. The standard InChI is InChI=1S/C18H26N4O2/c1-13(12-19)21-6-8-22(9-7-21)16-4-5-20-15-11-18(24-3)17(23-2)10-14(15)16/h4-5,10-11,13H,6-9,12,19H2,1-3H3/t13-/m0/s1. The van der Waals surface area contributed by atoms with Gasteiger partial charge in [0.1, 0.15) is 0 Å². The Morgan fingerprint density at radius 1 is 1.12 bits per heavy atom. The number of hydrogen-bond acceptors (Lipinski definition) is 6. The zero-order chi connectivity index (χ0) is 17.1. The quantitative estimate of drug-likeness (QED) is 0.901. The molecule has 1 atom stereocenters. The van der Waals surface area contributed by atoms with E-state index < -0.39 is 0 Å². The van der Waals surface area contributed by atoms with E-state index in [-0.39, 0.29) is 0 Å². The fraction of sp³-hybridized carbons (Fsp3) is 0.500. The molecule has 1 aromatic carbocycles. The van der Waals surface area contributed by atoms with E-state index in [0.29, 0.717) is 18.3 Å². The number of aromatic nitrogens is 1. The molecule has 0 bridgehead atoms. The van der Waals surface area contributed by atoms with E-state index in [2.05, 4.69) is 27.8 Å². The first-order valence-corrected chi connectivity index (χ1v) is 8.37. The lowest BCUT2D eigenvalue weighted by molar-refractivity contribution is 0.201. The molecule has 0 spiro atoms. The van der Waals surface area contributed by atoms with E-state index in [4.69, 9.17) is 15.2 Å². The van der Waals surface area contributed by atoms with Gasteiger partial charge in [-0.1, -0.05) is 0 Å². The summed E-state index contributed by atoms with van der Waals surface area (Å²) in [7, 11) is 3.30. The summed E-state index contributed by atoms with van der Waals surface area (Å²) in [6.45, 7) is 6.91. The number of rotatable bonds is 5. The maximum atomic E-state index is 5.79. The van der Waals surface area contributed by atoms with Gasteiger partial charge in [0, 0.05) is 62.1 Å². The molecule has 0 amide bonds. The van der Waals surface area contributed by atoms with E-state index in [1.54, 1.807) is 14.2 Å². The highest BCUT2D eigenvalue weighted by Crippen LogP contribution is 2.35. The predicted octanol–water partition coefficient (Wildman–Crippen LogP) is 1.72. The molecule has 6 nitrogen and oxygen atoms in total. The van der Waals surface area contributed by atoms with Crippen molar-refractivity contribution in [3.63, 3.8) is 0 Å². The minimum Gasteiger partial charge on any atom is -0.493 e. The molecule has 6 heteroatoms. The number of pyridine rings is 1. The Morgan fingerprint density at radius 2 is 1.79 bits per heavy atom. The van der Waals surface area contributed by atoms with Crippen molar-refractivity contribution in [3.8, 4) is 11.5 Å². The van der Waals surface area contributed by atoms with Crippen LogP contribution in [-0.4, -0.2) is 62.9 Å². The van der Waals surface area contributed by atoms with Crippen molar-refractivity contribution < 1.29 is 9.47 Å². The average Bonchev–Trinajstić information content (AvgIpc) is 2.65. The molecule has 1 aliphatic heterocycles. The summed E-state index contributed by atoms with van der Waals surface area (Å²) in [5, 5.41) is 1.09. The number of nitrogens with zero attached hydrogens (tertiary/aromatic N) is 3. The number of benzene rings is 1. The van der Waals surface area contributed by atoms with Crippen molar-refractivity contribution in [2.75, 3.05) is 51.8 Å². The fourth-order valence-electron chi connectivity index (χ4n) is 3.29. The van der Waals surface area contributed by atoms with Gasteiger partial charge in [-0.2, -0.15) is 0 Å². The highest BCUT2D eigenvalue weighted by atomic mass is 16.5.